The lowest BCUT2D eigenvalue weighted by Crippen LogP contribution is -1.78. The lowest BCUT2D eigenvalue weighted by Gasteiger charge is -1.96. The fraction of sp³-hybridized carbons (Fsp3) is 0.400. The Hall–Kier alpha value is -0.980. The summed E-state index contributed by atoms with van der Waals surface area (Å²) < 4.78 is 5.22. The first-order valence-corrected chi connectivity index (χ1v) is 3.89. The fourth-order valence-electron chi connectivity index (χ4n) is 1.03. The molecule has 1 saturated heterocycles. The van der Waals surface area contributed by atoms with Crippen LogP contribution in [0, 0.1) is 0 Å². The van der Waals surface area contributed by atoms with E-state index in [-0.39, 0.29) is 0 Å². The average Bonchev–Trinajstić information content (AvgIpc) is 2.37. The fourth-order valence-corrected chi connectivity index (χ4v) is 1.03. The summed E-state index contributed by atoms with van der Waals surface area (Å²) in [6.45, 7) is 8.71. The Kier molecular flexibility index (Phi) is 2.53. The summed E-state index contributed by atoms with van der Waals surface area (Å²) in [5.41, 5.74) is 2.51. The third-order valence-corrected chi connectivity index (χ3v) is 1.86. The molecule has 1 aliphatic heterocycles. The molecule has 1 aliphatic rings. The molecule has 1 nitrogen and oxygen atoms in total. The smallest absolute Gasteiger partial charge is 0.115 e. The second-order valence-electron chi connectivity index (χ2n) is 2.72. The number of hydrogen-bond donors (Lipinski definition) is 0. The van der Waals surface area contributed by atoms with Gasteiger partial charge in [0.1, 0.15) is 5.76 Å². The van der Waals surface area contributed by atoms with Crippen molar-refractivity contribution in [3.8, 4) is 0 Å². The van der Waals surface area contributed by atoms with E-state index in [0.29, 0.717) is 0 Å². The number of ether oxygens (including phenoxy) is 1. The van der Waals surface area contributed by atoms with E-state index in [1.165, 1.54) is 11.1 Å². The predicted molar refractivity (Wildman–Crippen MR) is 47.2 cm³/mol. The van der Waals surface area contributed by atoms with Crippen LogP contribution in [0.4, 0.5) is 0 Å². The minimum absolute atomic E-state index is 0.793. The molecule has 0 aliphatic carbocycles. The molecule has 0 radical (unpaired) electrons. The predicted octanol–water partition coefficient (Wildman–Crippen LogP) is 2.81. The summed E-state index contributed by atoms with van der Waals surface area (Å²) in [6, 6.07) is 0. The van der Waals surface area contributed by atoms with Gasteiger partial charge in [-0.05, 0) is 19.4 Å². The highest BCUT2D eigenvalue weighted by Crippen LogP contribution is 2.22. The van der Waals surface area contributed by atoms with E-state index in [1.807, 2.05) is 6.92 Å². The minimum atomic E-state index is 0.793. The van der Waals surface area contributed by atoms with Gasteiger partial charge < -0.3 is 4.74 Å². The molecular formula is C10H14O. The molecule has 0 bridgehead atoms. The van der Waals surface area contributed by atoms with Gasteiger partial charge in [0.25, 0.3) is 0 Å². The Morgan fingerprint density at radius 3 is 2.82 bits per heavy atom. The number of hydrogen-bond acceptors (Lipinski definition) is 1. The highest BCUT2D eigenvalue weighted by atomic mass is 16.5. The van der Waals surface area contributed by atoms with E-state index in [9.17, 15) is 0 Å². The molecule has 0 amide bonds. The highest BCUT2D eigenvalue weighted by molar-refractivity contribution is 5.33. The topological polar surface area (TPSA) is 9.23 Å². The molecular weight excluding hydrogens is 136 g/mol. The molecule has 0 aromatic rings. The van der Waals surface area contributed by atoms with Crippen LogP contribution in [0.3, 0.4) is 0 Å². The van der Waals surface area contributed by atoms with Crippen LogP contribution in [0.2, 0.25) is 0 Å². The molecule has 60 valence electrons. The zero-order chi connectivity index (χ0) is 8.27. The van der Waals surface area contributed by atoms with E-state index in [2.05, 4.69) is 25.7 Å². The normalized spacial score (nSPS) is 22.5. The van der Waals surface area contributed by atoms with Crippen molar-refractivity contribution >= 4 is 0 Å². The van der Waals surface area contributed by atoms with E-state index < -0.39 is 0 Å². The molecule has 0 unspecified atom stereocenters. The Bertz CT molecular complexity index is 221. The van der Waals surface area contributed by atoms with Crippen LogP contribution in [0.15, 0.2) is 35.6 Å². The summed E-state index contributed by atoms with van der Waals surface area (Å²) in [5.74, 6) is 0.839. The van der Waals surface area contributed by atoms with E-state index in [1.54, 1.807) is 0 Å². The van der Waals surface area contributed by atoms with Gasteiger partial charge in [-0.25, -0.2) is 0 Å². The van der Waals surface area contributed by atoms with Gasteiger partial charge >= 0.3 is 0 Å². The summed E-state index contributed by atoms with van der Waals surface area (Å²) in [6.07, 6.45) is 5.22. The molecule has 0 aromatic heterocycles. The molecule has 1 fully saturated rings. The molecule has 0 spiro atoms. The van der Waals surface area contributed by atoms with Gasteiger partial charge in [-0.3, -0.25) is 0 Å². The zero-order valence-corrected chi connectivity index (χ0v) is 7.18. The van der Waals surface area contributed by atoms with Gasteiger partial charge in [-0.1, -0.05) is 24.3 Å². The maximum atomic E-state index is 5.22. The van der Waals surface area contributed by atoms with Gasteiger partial charge in [0, 0.05) is 6.42 Å². The van der Waals surface area contributed by atoms with Crippen LogP contribution in [-0.2, 0) is 4.74 Å². The van der Waals surface area contributed by atoms with Crippen LogP contribution >= 0.6 is 0 Å². The molecule has 1 heterocycles. The molecule has 0 aromatic carbocycles. The first-order chi connectivity index (χ1) is 5.24. The van der Waals surface area contributed by atoms with Crippen LogP contribution in [0.5, 0.6) is 0 Å². The molecule has 0 saturated carbocycles. The van der Waals surface area contributed by atoms with Gasteiger partial charge in [-0.15, -0.1) is 0 Å². The van der Waals surface area contributed by atoms with Crippen LogP contribution < -0.4 is 0 Å². The summed E-state index contributed by atoms with van der Waals surface area (Å²) in [4.78, 5) is 0. The van der Waals surface area contributed by atoms with Crippen molar-refractivity contribution in [2.45, 2.75) is 20.3 Å². The Balaban J connectivity index is 2.73. The van der Waals surface area contributed by atoms with Crippen molar-refractivity contribution in [2.24, 2.45) is 0 Å². The maximum Gasteiger partial charge on any atom is 0.115 e. The monoisotopic (exact) mass is 150 g/mol. The SMILES string of the molecule is C=C1OCC/C1=C/C(C)=C\C. The maximum absolute atomic E-state index is 5.22. The standard InChI is InChI=1S/C10H14O/c1-4-8(2)7-10-5-6-11-9(10)3/h4,7H,3,5-6H2,1-2H3/b8-4-,10-7-. The van der Waals surface area contributed by atoms with E-state index in [4.69, 9.17) is 4.74 Å². The summed E-state index contributed by atoms with van der Waals surface area (Å²) in [7, 11) is 0. The van der Waals surface area contributed by atoms with Crippen molar-refractivity contribution < 1.29 is 4.74 Å². The minimum Gasteiger partial charge on any atom is -0.494 e. The number of rotatable bonds is 1. The summed E-state index contributed by atoms with van der Waals surface area (Å²) >= 11 is 0. The van der Waals surface area contributed by atoms with Crippen molar-refractivity contribution in [3.63, 3.8) is 0 Å². The van der Waals surface area contributed by atoms with Crippen molar-refractivity contribution in [3.05, 3.63) is 35.6 Å². The summed E-state index contributed by atoms with van der Waals surface area (Å²) in [5, 5.41) is 0. The van der Waals surface area contributed by atoms with Crippen LogP contribution in [0.25, 0.3) is 0 Å². The third kappa shape index (κ3) is 1.97. The first-order valence-electron chi connectivity index (χ1n) is 3.89. The second-order valence-corrected chi connectivity index (χ2v) is 2.72. The number of allylic oxidation sites excluding steroid dienone is 4. The first kappa shape index (κ1) is 8.12. The Labute approximate surface area is 68.1 Å². The zero-order valence-electron chi connectivity index (χ0n) is 7.18. The van der Waals surface area contributed by atoms with Gasteiger partial charge in [0.2, 0.25) is 0 Å². The van der Waals surface area contributed by atoms with Gasteiger partial charge in [-0.2, -0.15) is 0 Å². The van der Waals surface area contributed by atoms with E-state index in [0.717, 1.165) is 18.8 Å². The highest BCUT2D eigenvalue weighted by Gasteiger charge is 2.11. The van der Waals surface area contributed by atoms with Crippen molar-refractivity contribution in [2.75, 3.05) is 6.61 Å². The Morgan fingerprint density at radius 2 is 2.36 bits per heavy atom. The van der Waals surface area contributed by atoms with Crippen molar-refractivity contribution in [1.82, 2.24) is 0 Å². The second kappa shape index (κ2) is 3.42. The largest absolute Gasteiger partial charge is 0.494 e. The quantitative estimate of drug-likeness (QED) is 0.558. The molecule has 1 heteroatoms. The molecule has 0 N–H and O–H groups in total. The molecule has 0 atom stereocenters. The lowest BCUT2D eigenvalue weighted by atomic mass is 10.1. The van der Waals surface area contributed by atoms with Crippen LogP contribution in [-0.4, -0.2) is 6.61 Å². The Morgan fingerprint density at radius 1 is 1.64 bits per heavy atom. The average molecular weight is 150 g/mol. The van der Waals surface area contributed by atoms with Gasteiger partial charge in [0.05, 0.1) is 6.61 Å². The lowest BCUT2D eigenvalue weighted by molar-refractivity contribution is 0.267. The van der Waals surface area contributed by atoms with E-state index >= 15 is 0 Å². The van der Waals surface area contributed by atoms with Crippen LogP contribution in [0.1, 0.15) is 20.3 Å². The molecule has 1 rings (SSSR count). The van der Waals surface area contributed by atoms with Gasteiger partial charge in [0.15, 0.2) is 0 Å². The third-order valence-electron chi connectivity index (χ3n) is 1.86. The molecule has 11 heavy (non-hydrogen) atoms. The van der Waals surface area contributed by atoms with Crippen molar-refractivity contribution in [1.29, 1.82) is 0 Å².